The number of thiazole rings is 1. The van der Waals surface area contributed by atoms with E-state index in [1.54, 1.807) is 16.2 Å². The van der Waals surface area contributed by atoms with Crippen LogP contribution in [0.4, 0.5) is 14.9 Å². The molecule has 1 aliphatic rings. The van der Waals surface area contributed by atoms with E-state index in [9.17, 15) is 14.0 Å². The van der Waals surface area contributed by atoms with Crippen LogP contribution in [-0.2, 0) is 16.8 Å². The van der Waals surface area contributed by atoms with Crippen LogP contribution < -0.4 is 10.6 Å². The fraction of sp³-hybridized carbons (Fsp3) is 0.476. The zero-order chi connectivity index (χ0) is 21.7. The van der Waals surface area contributed by atoms with Crippen molar-refractivity contribution >= 4 is 29.0 Å². The van der Waals surface area contributed by atoms with Crippen molar-refractivity contribution in [2.24, 2.45) is 0 Å². The third-order valence-corrected chi connectivity index (χ3v) is 6.09. The smallest absolute Gasteiger partial charge is 0.317 e. The maximum atomic E-state index is 12.9. The molecule has 3 amide bonds. The van der Waals surface area contributed by atoms with Crippen LogP contribution in [0.5, 0.6) is 0 Å². The Hall–Kier alpha value is -2.52. The zero-order valence-electron chi connectivity index (χ0n) is 17.6. The van der Waals surface area contributed by atoms with E-state index >= 15 is 0 Å². The summed E-state index contributed by atoms with van der Waals surface area (Å²) in [4.78, 5) is 33.0. The Morgan fingerprint density at radius 2 is 1.80 bits per heavy atom. The van der Waals surface area contributed by atoms with Gasteiger partial charge in [0.25, 0.3) is 0 Å². The molecule has 1 fully saturated rings. The maximum Gasteiger partial charge on any atom is 0.317 e. The molecular formula is C21H28FN5O2S. The van der Waals surface area contributed by atoms with Gasteiger partial charge in [-0.05, 0) is 24.3 Å². The number of amides is 3. The Labute approximate surface area is 180 Å². The molecule has 0 aliphatic carbocycles. The summed E-state index contributed by atoms with van der Waals surface area (Å²) in [6.07, 6.45) is 0. The highest BCUT2D eigenvalue weighted by atomic mass is 32.1. The van der Waals surface area contributed by atoms with Crippen molar-refractivity contribution in [1.29, 1.82) is 0 Å². The van der Waals surface area contributed by atoms with E-state index in [1.807, 2.05) is 10.3 Å². The van der Waals surface area contributed by atoms with Crippen LogP contribution in [0.2, 0.25) is 0 Å². The Bertz CT molecular complexity index is 870. The average molecular weight is 434 g/mol. The molecule has 2 aromatic rings. The van der Waals surface area contributed by atoms with Gasteiger partial charge in [-0.25, -0.2) is 14.2 Å². The summed E-state index contributed by atoms with van der Waals surface area (Å²) >= 11 is 1.61. The minimum absolute atomic E-state index is 0.00620. The normalized spacial score (nSPS) is 15.1. The van der Waals surface area contributed by atoms with Gasteiger partial charge >= 0.3 is 6.03 Å². The lowest BCUT2D eigenvalue weighted by atomic mass is 9.98. The van der Waals surface area contributed by atoms with Crippen LogP contribution in [-0.4, -0.2) is 59.4 Å². The molecule has 1 saturated heterocycles. The van der Waals surface area contributed by atoms with Gasteiger partial charge in [-0.1, -0.05) is 20.8 Å². The van der Waals surface area contributed by atoms with Gasteiger partial charge in [0.15, 0.2) is 0 Å². The SMILES string of the molecule is CC(C)(C)c1nc(CNC(=O)N2CCN(CC(=O)Nc3ccc(F)cc3)CC2)cs1. The molecule has 1 aromatic heterocycles. The second-order valence-electron chi connectivity index (χ2n) is 8.37. The van der Waals surface area contributed by atoms with Gasteiger partial charge in [-0.3, -0.25) is 9.69 Å². The molecule has 3 rings (SSSR count). The molecular weight excluding hydrogens is 405 g/mol. The lowest BCUT2D eigenvalue weighted by Gasteiger charge is -2.34. The molecule has 1 aromatic carbocycles. The van der Waals surface area contributed by atoms with E-state index in [4.69, 9.17) is 0 Å². The van der Waals surface area contributed by atoms with Crippen molar-refractivity contribution in [3.8, 4) is 0 Å². The molecule has 0 unspecified atom stereocenters. The summed E-state index contributed by atoms with van der Waals surface area (Å²) in [5.74, 6) is -0.496. The maximum absolute atomic E-state index is 12.9. The third kappa shape index (κ3) is 6.24. The fourth-order valence-electron chi connectivity index (χ4n) is 3.06. The number of hydrogen-bond acceptors (Lipinski definition) is 5. The van der Waals surface area contributed by atoms with E-state index in [0.29, 0.717) is 38.4 Å². The molecule has 0 spiro atoms. The monoisotopic (exact) mass is 433 g/mol. The number of piperazine rings is 1. The van der Waals surface area contributed by atoms with Crippen LogP contribution in [0.1, 0.15) is 31.5 Å². The molecule has 30 heavy (non-hydrogen) atoms. The number of halogens is 1. The average Bonchev–Trinajstić information content (AvgIpc) is 3.18. The summed E-state index contributed by atoms with van der Waals surface area (Å²) in [6, 6.07) is 5.56. The molecule has 2 N–H and O–H groups in total. The predicted octanol–water partition coefficient (Wildman–Crippen LogP) is 3.05. The number of urea groups is 1. The van der Waals surface area contributed by atoms with Crippen molar-refractivity contribution in [2.45, 2.75) is 32.7 Å². The van der Waals surface area contributed by atoms with Crippen LogP contribution >= 0.6 is 11.3 Å². The van der Waals surface area contributed by atoms with Crippen molar-refractivity contribution < 1.29 is 14.0 Å². The highest BCUT2D eigenvalue weighted by molar-refractivity contribution is 7.09. The van der Waals surface area contributed by atoms with Gasteiger partial charge < -0.3 is 15.5 Å². The highest BCUT2D eigenvalue weighted by Crippen LogP contribution is 2.25. The van der Waals surface area contributed by atoms with Gasteiger partial charge in [-0.2, -0.15) is 0 Å². The molecule has 9 heteroatoms. The fourth-order valence-corrected chi connectivity index (χ4v) is 3.96. The van der Waals surface area contributed by atoms with E-state index in [2.05, 4.69) is 36.4 Å². The van der Waals surface area contributed by atoms with Gasteiger partial charge in [0.1, 0.15) is 5.82 Å². The van der Waals surface area contributed by atoms with Gasteiger partial charge in [0.05, 0.1) is 23.8 Å². The highest BCUT2D eigenvalue weighted by Gasteiger charge is 2.23. The number of rotatable bonds is 5. The number of aromatic nitrogens is 1. The second-order valence-corrected chi connectivity index (χ2v) is 9.23. The summed E-state index contributed by atoms with van der Waals surface area (Å²) in [6.45, 7) is 9.35. The Morgan fingerprint density at radius 1 is 1.13 bits per heavy atom. The van der Waals surface area contributed by atoms with Gasteiger partial charge in [0, 0.05) is 42.7 Å². The van der Waals surface area contributed by atoms with Gasteiger partial charge in [-0.15, -0.1) is 11.3 Å². The first-order valence-electron chi connectivity index (χ1n) is 9.96. The third-order valence-electron chi connectivity index (χ3n) is 4.77. The molecule has 162 valence electrons. The van der Waals surface area contributed by atoms with E-state index in [-0.39, 0.29) is 29.7 Å². The summed E-state index contributed by atoms with van der Waals surface area (Å²) in [5.41, 5.74) is 1.44. The molecule has 1 aliphatic heterocycles. The van der Waals surface area contributed by atoms with Crippen molar-refractivity contribution in [3.05, 3.63) is 46.2 Å². The minimum Gasteiger partial charge on any atom is -0.332 e. The van der Waals surface area contributed by atoms with Crippen LogP contribution in [0.3, 0.4) is 0 Å². The Morgan fingerprint density at radius 3 is 2.40 bits per heavy atom. The Kier molecular flexibility index (Phi) is 7.04. The standard InChI is InChI=1S/C21H28FN5O2S/c1-21(2,3)19-25-17(14-30-19)12-23-20(29)27-10-8-26(9-11-27)13-18(28)24-16-6-4-15(22)5-7-16/h4-7,14H,8-13H2,1-3H3,(H,23,29)(H,24,28). The number of hydrogen-bond donors (Lipinski definition) is 2. The first-order valence-corrected chi connectivity index (χ1v) is 10.8. The molecule has 2 heterocycles. The minimum atomic E-state index is -0.341. The number of nitrogens with one attached hydrogen (secondary N) is 2. The zero-order valence-corrected chi connectivity index (χ0v) is 18.4. The quantitative estimate of drug-likeness (QED) is 0.760. The molecule has 7 nitrogen and oxygen atoms in total. The summed E-state index contributed by atoms with van der Waals surface area (Å²) in [7, 11) is 0. The van der Waals surface area contributed by atoms with Crippen LogP contribution in [0.25, 0.3) is 0 Å². The molecule has 0 radical (unpaired) electrons. The molecule has 0 saturated carbocycles. The lowest BCUT2D eigenvalue weighted by Crippen LogP contribution is -2.52. The largest absolute Gasteiger partial charge is 0.332 e. The topological polar surface area (TPSA) is 77.6 Å². The second kappa shape index (κ2) is 9.53. The molecule has 0 atom stereocenters. The van der Waals surface area contributed by atoms with Crippen LogP contribution in [0.15, 0.2) is 29.6 Å². The number of carbonyl (C=O) groups excluding carboxylic acids is 2. The van der Waals surface area contributed by atoms with Gasteiger partial charge in [0.2, 0.25) is 5.91 Å². The van der Waals surface area contributed by atoms with Crippen molar-refractivity contribution in [2.75, 3.05) is 38.0 Å². The van der Waals surface area contributed by atoms with Crippen molar-refractivity contribution in [1.82, 2.24) is 20.1 Å². The summed E-state index contributed by atoms with van der Waals surface area (Å²) < 4.78 is 12.9. The number of anilines is 1. The predicted molar refractivity (Wildman–Crippen MR) is 116 cm³/mol. The number of benzene rings is 1. The number of nitrogens with zero attached hydrogens (tertiary/aromatic N) is 3. The lowest BCUT2D eigenvalue weighted by molar-refractivity contribution is -0.117. The molecule has 0 bridgehead atoms. The first-order chi connectivity index (χ1) is 14.2. The van der Waals surface area contributed by atoms with E-state index in [1.165, 1.54) is 24.3 Å². The summed E-state index contributed by atoms with van der Waals surface area (Å²) in [5, 5.41) is 8.72. The van der Waals surface area contributed by atoms with E-state index in [0.717, 1.165) is 10.7 Å². The first kappa shape index (κ1) is 22.2. The van der Waals surface area contributed by atoms with Crippen molar-refractivity contribution in [3.63, 3.8) is 0 Å². The number of carbonyl (C=O) groups is 2. The van der Waals surface area contributed by atoms with E-state index < -0.39 is 0 Å². The Balaban J connectivity index is 1.39. The van der Waals surface area contributed by atoms with Crippen LogP contribution in [0, 0.1) is 5.82 Å².